The first-order valence-corrected chi connectivity index (χ1v) is 9.36. The third-order valence-corrected chi connectivity index (χ3v) is 4.24. The van der Waals surface area contributed by atoms with E-state index in [0.717, 1.165) is 16.6 Å². The van der Waals surface area contributed by atoms with Crippen molar-refractivity contribution in [1.29, 1.82) is 5.26 Å². The maximum atomic E-state index is 10.6. The van der Waals surface area contributed by atoms with Gasteiger partial charge in [-0.3, -0.25) is 0 Å². The highest BCUT2D eigenvalue weighted by molar-refractivity contribution is 5.82. The Morgan fingerprint density at radius 2 is 1.97 bits per heavy atom. The van der Waals surface area contributed by atoms with E-state index in [1.54, 1.807) is 36.4 Å². The molecule has 11 heteroatoms. The minimum absolute atomic E-state index is 0.00791. The van der Waals surface area contributed by atoms with E-state index in [-0.39, 0.29) is 31.1 Å². The van der Waals surface area contributed by atoms with E-state index in [1.165, 1.54) is 0 Å². The quantitative estimate of drug-likeness (QED) is 0.325. The number of fused-ring (bicyclic) bond motifs is 1. The average molecular weight is 431 g/mol. The van der Waals surface area contributed by atoms with Crippen molar-refractivity contribution in [1.82, 2.24) is 19.9 Å². The number of aromatic amines is 1. The number of carboxylic acids is 1. The lowest BCUT2D eigenvalue weighted by Crippen LogP contribution is -2.06. The van der Waals surface area contributed by atoms with Crippen LogP contribution in [0.2, 0.25) is 0 Å². The third-order valence-electron chi connectivity index (χ3n) is 4.24. The van der Waals surface area contributed by atoms with Crippen LogP contribution in [0.15, 0.2) is 48.5 Å². The van der Waals surface area contributed by atoms with E-state index < -0.39 is 5.97 Å². The molecule has 0 amide bonds. The Labute approximate surface area is 181 Å². The summed E-state index contributed by atoms with van der Waals surface area (Å²) in [5.41, 5.74) is 8.57. The molecule has 0 aliphatic heterocycles. The number of H-pyrrole nitrogens is 1. The van der Waals surface area contributed by atoms with Crippen LogP contribution in [0.4, 0.5) is 17.6 Å². The normalized spacial score (nSPS) is 10.6. The van der Waals surface area contributed by atoms with Gasteiger partial charge in [0.25, 0.3) is 0 Å². The SMILES string of the molecule is N#Cc1ccc(Nc2nc(N)nc(Oc3ccc4[nH]c(COCC(=O)O)cc4c3)n2)cc1. The van der Waals surface area contributed by atoms with E-state index in [1.807, 2.05) is 12.1 Å². The van der Waals surface area contributed by atoms with Crippen molar-refractivity contribution in [2.45, 2.75) is 6.61 Å². The van der Waals surface area contributed by atoms with Gasteiger partial charge in [-0.1, -0.05) is 0 Å². The van der Waals surface area contributed by atoms with Gasteiger partial charge in [0, 0.05) is 22.3 Å². The maximum absolute atomic E-state index is 10.6. The first-order valence-electron chi connectivity index (χ1n) is 9.36. The molecule has 0 atom stereocenters. The van der Waals surface area contributed by atoms with Gasteiger partial charge >= 0.3 is 12.0 Å². The van der Waals surface area contributed by atoms with Gasteiger partial charge < -0.3 is 30.6 Å². The molecule has 0 spiro atoms. The summed E-state index contributed by atoms with van der Waals surface area (Å²) < 4.78 is 10.9. The molecule has 0 aliphatic carbocycles. The number of nitrogens with one attached hydrogen (secondary N) is 2. The van der Waals surface area contributed by atoms with Crippen LogP contribution < -0.4 is 15.8 Å². The second kappa shape index (κ2) is 8.99. The Hall–Kier alpha value is -4.69. The minimum Gasteiger partial charge on any atom is -0.480 e. The number of anilines is 3. The number of carboxylic acid groups (broad SMARTS) is 1. The molecule has 2 aromatic heterocycles. The molecule has 5 N–H and O–H groups in total. The van der Waals surface area contributed by atoms with Crippen molar-refractivity contribution in [3.05, 3.63) is 59.8 Å². The number of nitrogen functional groups attached to an aromatic ring is 1. The van der Waals surface area contributed by atoms with Crippen LogP contribution in [0.3, 0.4) is 0 Å². The summed E-state index contributed by atoms with van der Waals surface area (Å²) in [5.74, 6) is -0.379. The van der Waals surface area contributed by atoms with Crippen LogP contribution in [0, 0.1) is 11.3 Å². The van der Waals surface area contributed by atoms with Crippen LogP contribution in [0.1, 0.15) is 11.3 Å². The number of nitrogens with two attached hydrogens (primary N) is 1. The van der Waals surface area contributed by atoms with Crippen molar-refractivity contribution in [2.75, 3.05) is 17.7 Å². The highest BCUT2D eigenvalue weighted by atomic mass is 16.5. The smallest absolute Gasteiger partial charge is 0.329 e. The number of aromatic nitrogens is 4. The van der Waals surface area contributed by atoms with E-state index in [9.17, 15) is 4.79 Å². The molecule has 11 nitrogen and oxygen atoms in total. The average Bonchev–Trinajstić information content (AvgIpc) is 3.15. The summed E-state index contributed by atoms with van der Waals surface area (Å²) in [5, 5.41) is 21.4. The Morgan fingerprint density at radius 3 is 2.72 bits per heavy atom. The molecular formula is C21H17N7O4. The molecule has 0 fully saturated rings. The lowest BCUT2D eigenvalue weighted by atomic mass is 10.2. The molecule has 32 heavy (non-hydrogen) atoms. The lowest BCUT2D eigenvalue weighted by molar-refractivity contribution is -0.142. The van der Waals surface area contributed by atoms with Crippen LogP contribution >= 0.6 is 0 Å². The molecule has 0 aliphatic rings. The van der Waals surface area contributed by atoms with E-state index >= 15 is 0 Å². The highest BCUT2D eigenvalue weighted by Crippen LogP contribution is 2.26. The van der Waals surface area contributed by atoms with Crippen LogP contribution in [-0.2, 0) is 16.1 Å². The molecule has 4 rings (SSSR count). The number of nitriles is 1. The molecule has 4 aromatic rings. The second-order valence-corrected chi connectivity index (χ2v) is 6.65. The number of nitrogens with zero attached hydrogens (tertiary/aromatic N) is 4. The maximum Gasteiger partial charge on any atom is 0.329 e. The molecule has 2 aromatic carbocycles. The van der Waals surface area contributed by atoms with Crippen molar-refractivity contribution in [3.8, 4) is 17.8 Å². The Balaban J connectivity index is 1.49. The fourth-order valence-corrected chi connectivity index (χ4v) is 2.90. The number of hydrogen-bond donors (Lipinski definition) is 4. The zero-order valence-corrected chi connectivity index (χ0v) is 16.6. The van der Waals surface area contributed by atoms with Gasteiger partial charge in [-0.15, -0.1) is 0 Å². The summed E-state index contributed by atoms with van der Waals surface area (Å²) in [4.78, 5) is 26.0. The predicted octanol–water partition coefficient (Wildman–Crippen LogP) is 2.94. The Bertz CT molecular complexity index is 1310. The summed E-state index contributed by atoms with van der Waals surface area (Å²) >= 11 is 0. The van der Waals surface area contributed by atoms with Crippen LogP contribution in [-0.4, -0.2) is 37.6 Å². The first kappa shape index (κ1) is 20.6. The van der Waals surface area contributed by atoms with Crippen LogP contribution in [0.25, 0.3) is 10.9 Å². The van der Waals surface area contributed by atoms with Crippen molar-refractivity contribution in [3.63, 3.8) is 0 Å². The monoisotopic (exact) mass is 431 g/mol. The van der Waals surface area contributed by atoms with Crippen molar-refractivity contribution < 1.29 is 19.4 Å². The van der Waals surface area contributed by atoms with Gasteiger partial charge in [0.05, 0.1) is 18.2 Å². The van der Waals surface area contributed by atoms with Crippen molar-refractivity contribution in [2.24, 2.45) is 0 Å². The van der Waals surface area contributed by atoms with E-state index in [2.05, 4.69) is 31.3 Å². The number of benzene rings is 2. The van der Waals surface area contributed by atoms with Gasteiger partial charge in [-0.2, -0.15) is 20.2 Å². The molecule has 2 heterocycles. The van der Waals surface area contributed by atoms with Gasteiger partial charge in [0.1, 0.15) is 12.4 Å². The number of carbonyl (C=O) groups is 1. The van der Waals surface area contributed by atoms with Gasteiger partial charge in [0.15, 0.2) is 0 Å². The number of rotatable bonds is 8. The summed E-state index contributed by atoms with van der Waals surface area (Å²) in [6.07, 6.45) is 0. The Kier molecular flexibility index (Phi) is 5.78. The molecule has 0 saturated heterocycles. The molecule has 160 valence electrons. The first-order chi connectivity index (χ1) is 15.5. The fraction of sp³-hybridized carbons (Fsp3) is 0.0952. The molecule has 0 bridgehead atoms. The Morgan fingerprint density at radius 1 is 1.16 bits per heavy atom. The lowest BCUT2D eigenvalue weighted by Gasteiger charge is -2.08. The third kappa shape index (κ3) is 5.07. The minimum atomic E-state index is -1.03. The molecule has 0 unspecified atom stereocenters. The number of hydrogen-bond acceptors (Lipinski definition) is 9. The van der Waals surface area contributed by atoms with Crippen molar-refractivity contribution >= 4 is 34.5 Å². The van der Waals surface area contributed by atoms with E-state index in [0.29, 0.717) is 17.0 Å². The largest absolute Gasteiger partial charge is 0.480 e. The number of aliphatic carboxylic acids is 1. The second-order valence-electron chi connectivity index (χ2n) is 6.65. The topological polar surface area (TPSA) is 172 Å². The predicted molar refractivity (Wildman–Crippen MR) is 114 cm³/mol. The zero-order chi connectivity index (χ0) is 22.5. The van der Waals surface area contributed by atoms with Gasteiger partial charge in [0.2, 0.25) is 11.9 Å². The molecule has 0 saturated carbocycles. The van der Waals surface area contributed by atoms with Gasteiger partial charge in [-0.25, -0.2) is 4.79 Å². The fourth-order valence-electron chi connectivity index (χ4n) is 2.90. The molecular weight excluding hydrogens is 414 g/mol. The standard InChI is InChI=1S/C21H17N7O4/c22-9-12-1-3-14(4-2-12)25-20-26-19(23)27-21(28-20)32-16-5-6-17-13(8-16)7-15(24-17)10-31-11-18(29)30/h1-8,24H,10-11H2,(H,29,30)(H3,23,25,26,27,28). The summed E-state index contributed by atoms with van der Waals surface area (Å²) in [7, 11) is 0. The van der Waals surface area contributed by atoms with Crippen LogP contribution in [0.5, 0.6) is 11.8 Å². The van der Waals surface area contributed by atoms with Gasteiger partial charge in [-0.05, 0) is 48.5 Å². The molecule has 0 radical (unpaired) electrons. The highest BCUT2D eigenvalue weighted by Gasteiger charge is 2.09. The van der Waals surface area contributed by atoms with E-state index in [4.69, 9.17) is 25.6 Å². The summed E-state index contributed by atoms with van der Waals surface area (Å²) in [6, 6.07) is 16.0. The zero-order valence-electron chi connectivity index (χ0n) is 16.6. The summed E-state index contributed by atoms with van der Waals surface area (Å²) in [6.45, 7) is -0.227. The number of ether oxygens (including phenoxy) is 2.